The molecule has 0 bridgehead atoms. The van der Waals surface area contributed by atoms with E-state index in [1.807, 2.05) is 6.92 Å². The van der Waals surface area contributed by atoms with Gasteiger partial charge in [-0.05, 0) is 31.0 Å². The zero-order valence-corrected chi connectivity index (χ0v) is 7.46. The van der Waals surface area contributed by atoms with Gasteiger partial charge in [-0.2, -0.15) is 0 Å². The summed E-state index contributed by atoms with van der Waals surface area (Å²) in [6, 6.07) is 3.36. The van der Waals surface area contributed by atoms with E-state index in [0.717, 1.165) is 5.56 Å². The Morgan fingerprint density at radius 1 is 1.38 bits per heavy atom. The van der Waals surface area contributed by atoms with Gasteiger partial charge < -0.3 is 10.2 Å². The summed E-state index contributed by atoms with van der Waals surface area (Å²) in [5, 5.41) is 20.0. The quantitative estimate of drug-likeness (QED) is 0.581. The second-order valence-electron chi connectivity index (χ2n) is 2.91. The van der Waals surface area contributed by atoms with Crippen LogP contribution in [0.5, 0.6) is 5.75 Å². The lowest BCUT2D eigenvalue weighted by atomic mass is 10.1. The summed E-state index contributed by atoms with van der Waals surface area (Å²) in [5.74, 6) is -0.0204. The van der Waals surface area contributed by atoms with E-state index in [1.54, 1.807) is 19.1 Å². The highest BCUT2D eigenvalue weighted by Crippen LogP contribution is 2.28. The van der Waals surface area contributed by atoms with Crippen LogP contribution in [-0.2, 0) is 0 Å². The largest absolute Gasteiger partial charge is 0.505 e. The predicted octanol–water partition coefficient (Wildman–Crippen LogP) is 2.10. The summed E-state index contributed by atoms with van der Waals surface area (Å²) in [7, 11) is 0. The number of amides is 1. The molecule has 3 N–H and O–H groups in total. The molecule has 70 valence electrons. The molecule has 0 atom stereocenters. The van der Waals surface area contributed by atoms with Crippen LogP contribution in [0.3, 0.4) is 0 Å². The molecule has 0 saturated carbocycles. The van der Waals surface area contributed by atoms with Crippen LogP contribution in [0.4, 0.5) is 10.5 Å². The van der Waals surface area contributed by atoms with Crippen LogP contribution in [0, 0.1) is 13.8 Å². The Balaban J connectivity index is 3.12. The number of hydrogen-bond donors (Lipinski definition) is 3. The molecular weight excluding hydrogens is 170 g/mol. The third-order valence-electron chi connectivity index (χ3n) is 1.69. The van der Waals surface area contributed by atoms with Gasteiger partial charge in [0.15, 0.2) is 0 Å². The van der Waals surface area contributed by atoms with E-state index in [2.05, 4.69) is 5.32 Å². The monoisotopic (exact) mass is 181 g/mol. The SMILES string of the molecule is Cc1cc(C)c(O)c(NC(=O)O)c1. The first-order valence-electron chi connectivity index (χ1n) is 3.81. The van der Waals surface area contributed by atoms with Crippen LogP contribution < -0.4 is 5.32 Å². The number of anilines is 1. The van der Waals surface area contributed by atoms with Crippen molar-refractivity contribution in [3.05, 3.63) is 23.3 Å². The molecule has 0 aliphatic carbocycles. The summed E-state index contributed by atoms with van der Waals surface area (Å²) in [5.41, 5.74) is 1.79. The lowest BCUT2D eigenvalue weighted by Crippen LogP contribution is -2.07. The maximum Gasteiger partial charge on any atom is 0.409 e. The fourth-order valence-electron chi connectivity index (χ4n) is 1.17. The molecule has 1 aromatic rings. The summed E-state index contributed by atoms with van der Waals surface area (Å²) < 4.78 is 0. The number of phenols is 1. The van der Waals surface area contributed by atoms with E-state index in [9.17, 15) is 9.90 Å². The molecule has 0 unspecified atom stereocenters. The van der Waals surface area contributed by atoms with Gasteiger partial charge in [0.05, 0.1) is 5.69 Å². The average Bonchev–Trinajstić information content (AvgIpc) is 1.98. The number of hydrogen-bond acceptors (Lipinski definition) is 2. The highest BCUT2D eigenvalue weighted by Gasteiger charge is 2.07. The van der Waals surface area contributed by atoms with Crippen LogP contribution in [0.2, 0.25) is 0 Å². The van der Waals surface area contributed by atoms with Crippen molar-refractivity contribution < 1.29 is 15.0 Å². The van der Waals surface area contributed by atoms with Gasteiger partial charge in [0.1, 0.15) is 5.75 Å². The van der Waals surface area contributed by atoms with Crippen molar-refractivity contribution in [1.82, 2.24) is 0 Å². The third-order valence-corrected chi connectivity index (χ3v) is 1.69. The number of carbonyl (C=O) groups is 1. The Kier molecular flexibility index (Phi) is 2.41. The maximum absolute atomic E-state index is 10.3. The zero-order chi connectivity index (χ0) is 10.0. The number of benzene rings is 1. The summed E-state index contributed by atoms with van der Waals surface area (Å²) in [6.45, 7) is 3.55. The van der Waals surface area contributed by atoms with Gasteiger partial charge >= 0.3 is 6.09 Å². The van der Waals surface area contributed by atoms with Gasteiger partial charge in [0, 0.05) is 0 Å². The molecule has 4 nitrogen and oxygen atoms in total. The Labute approximate surface area is 75.8 Å². The summed E-state index contributed by atoms with van der Waals surface area (Å²) in [6.07, 6.45) is -1.18. The molecule has 1 amide bonds. The van der Waals surface area contributed by atoms with E-state index in [1.165, 1.54) is 0 Å². The van der Waals surface area contributed by atoms with E-state index in [-0.39, 0.29) is 11.4 Å². The zero-order valence-electron chi connectivity index (χ0n) is 7.46. The Morgan fingerprint density at radius 2 is 2.00 bits per heavy atom. The molecule has 0 aliphatic rings. The molecule has 13 heavy (non-hydrogen) atoms. The molecule has 0 aliphatic heterocycles. The Hall–Kier alpha value is -1.71. The number of rotatable bonds is 1. The number of carboxylic acid groups (broad SMARTS) is 1. The lowest BCUT2D eigenvalue weighted by molar-refractivity contribution is 0.209. The van der Waals surface area contributed by atoms with Crippen LogP contribution in [0.25, 0.3) is 0 Å². The molecule has 1 rings (SSSR count). The summed E-state index contributed by atoms with van der Waals surface area (Å²) in [4.78, 5) is 10.3. The third kappa shape index (κ3) is 2.11. The molecule has 1 aromatic carbocycles. The molecular formula is C9H11NO3. The van der Waals surface area contributed by atoms with Crippen LogP contribution in [-0.4, -0.2) is 16.3 Å². The molecule has 4 heteroatoms. The Bertz CT molecular complexity index is 347. The van der Waals surface area contributed by atoms with Crippen LogP contribution in [0.15, 0.2) is 12.1 Å². The van der Waals surface area contributed by atoms with Gasteiger partial charge in [-0.3, -0.25) is 5.32 Å². The topological polar surface area (TPSA) is 69.6 Å². The molecule has 0 saturated heterocycles. The van der Waals surface area contributed by atoms with Crippen molar-refractivity contribution in [2.45, 2.75) is 13.8 Å². The highest BCUT2D eigenvalue weighted by atomic mass is 16.4. The minimum Gasteiger partial charge on any atom is -0.505 e. The molecule has 0 heterocycles. The molecule has 0 spiro atoms. The van der Waals surface area contributed by atoms with E-state index >= 15 is 0 Å². The second kappa shape index (κ2) is 3.35. The minimum atomic E-state index is -1.18. The number of aryl methyl sites for hydroxylation is 2. The number of nitrogens with one attached hydrogen (secondary N) is 1. The molecule has 0 radical (unpaired) electrons. The fourth-order valence-corrected chi connectivity index (χ4v) is 1.17. The fraction of sp³-hybridized carbons (Fsp3) is 0.222. The van der Waals surface area contributed by atoms with Gasteiger partial charge in [0.2, 0.25) is 0 Å². The van der Waals surface area contributed by atoms with Crippen molar-refractivity contribution in [3.8, 4) is 5.75 Å². The van der Waals surface area contributed by atoms with E-state index in [4.69, 9.17) is 5.11 Å². The van der Waals surface area contributed by atoms with Gasteiger partial charge in [-0.1, -0.05) is 6.07 Å². The standard InChI is InChI=1S/C9H11NO3/c1-5-3-6(2)8(11)7(4-5)10-9(12)13/h3-4,10-11H,1-2H3,(H,12,13). The maximum atomic E-state index is 10.3. The molecule has 0 aromatic heterocycles. The van der Waals surface area contributed by atoms with Crippen LogP contribution in [0.1, 0.15) is 11.1 Å². The van der Waals surface area contributed by atoms with Gasteiger partial charge in [0.25, 0.3) is 0 Å². The van der Waals surface area contributed by atoms with Crippen molar-refractivity contribution in [1.29, 1.82) is 0 Å². The first kappa shape index (κ1) is 9.38. The van der Waals surface area contributed by atoms with Crippen molar-refractivity contribution in [2.75, 3.05) is 5.32 Å². The average molecular weight is 181 g/mol. The highest BCUT2D eigenvalue weighted by molar-refractivity contribution is 5.85. The first-order chi connectivity index (χ1) is 6.00. The van der Waals surface area contributed by atoms with Gasteiger partial charge in [-0.25, -0.2) is 4.79 Å². The first-order valence-corrected chi connectivity index (χ1v) is 3.81. The number of phenolic OH excluding ortho intramolecular Hbond substituents is 1. The molecule has 0 fully saturated rings. The Morgan fingerprint density at radius 3 is 2.54 bits per heavy atom. The minimum absolute atomic E-state index is 0.0204. The van der Waals surface area contributed by atoms with Crippen LogP contribution >= 0.6 is 0 Å². The smallest absolute Gasteiger partial charge is 0.409 e. The van der Waals surface area contributed by atoms with Crippen molar-refractivity contribution >= 4 is 11.8 Å². The van der Waals surface area contributed by atoms with E-state index in [0.29, 0.717) is 5.56 Å². The second-order valence-corrected chi connectivity index (χ2v) is 2.91. The summed E-state index contributed by atoms with van der Waals surface area (Å²) >= 11 is 0. The lowest BCUT2D eigenvalue weighted by Gasteiger charge is -2.07. The van der Waals surface area contributed by atoms with E-state index < -0.39 is 6.09 Å². The van der Waals surface area contributed by atoms with Crippen molar-refractivity contribution in [3.63, 3.8) is 0 Å². The predicted molar refractivity (Wildman–Crippen MR) is 49.2 cm³/mol. The van der Waals surface area contributed by atoms with Gasteiger partial charge in [-0.15, -0.1) is 0 Å². The normalized spacial score (nSPS) is 9.69. The van der Waals surface area contributed by atoms with Crippen molar-refractivity contribution in [2.24, 2.45) is 0 Å². The number of aromatic hydroxyl groups is 1.